The topological polar surface area (TPSA) is 58.6 Å². The zero-order valence-corrected chi connectivity index (χ0v) is 21.3. The third-order valence-corrected chi connectivity index (χ3v) is 6.07. The summed E-state index contributed by atoms with van der Waals surface area (Å²) < 4.78 is 5.84. The molecule has 0 aliphatic rings. The lowest BCUT2D eigenvalue weighted by Crippen LogP contribution is -2.51. The van der Waals surface area contributed by atoms with Gasteiger partial charge in [-0.25, -0.2) is 0 Å². The van der Waals surface area contributed by atoms with E-state index in [4.69, 9.17) is 4.74 Å². The molecule has 1 N–H and O–H groups in total. The lowest BCUT2D eigenvalue weighted by molar-refractivity contribution is -0.143. The number of benzene rings is 2. The van der Waals surface area contributed by atoms with Crippen LogP contribution in [0.25, 0.3) is 0 Å². The van der Waals surface area contributed by atoms with Crippen LogP contribution in [0, 0.1) is 6.92 Å². The third-order valence-electron chi connectivity index (χ3n) is 6.07. The molecule has 0 aliphatic carbocycles. The van der Waals surface area contributed by atoms with Gasteiger partial charge in [-0.3, -0.25) is 9.59 Å². The molecule has 0 aromatic heterocycles. The first-order chi connectivity index (χ1) is 15.6. The molecule has 0 unspecified atom stereocenters. The number of carbonyl (C=O) groups is 2. The molecule has 0 fully saturated rings. The van der Waals surface area contributed by atoms with Crippen molar-refractivity contribution in [2.45, 2.75) is 85.4 Å². The number of nitrogens with one attached hydrogen (secondary N) is 1. The first kappa shape index (κ1) is 26.4. The van der Waals surface area contributed by atoms with Gasteiger partial charge in [0.15, 0.2) is 6.61 Å². The SMILES string of the molecule is CC[C@H](C)NC(=O)[C@H](CC)N(Cc1ccccc1C)C(=O)COc1ccc(C(C)(C)C)cc1. The summed E-state index contributed by atoms with van der Waals surface area (Å²) in [6, 6.07) is 15.3. The third kappa shape index (κ3) is 7.62. The van der Waals surface area contributed by atoms with E-state index in [0.29, 0.717) is 18.7 Å². The standard InChI is InChI=1S/C28H40N2O3/c1-8-21(4)29-27(32)25(9-2)30(18-22-13-11-10-12-20(22)3)26(31)19-33-24-16-14-23(15-17-24)28(5,6)7/h10-17,21,25H,8-9,18-19H2,1-7H3,(H,29,32)/t21-,25-/m0/s1. The van der Waals surface area contributed by atoms with Gasteiger partial charge in [-0.2, -0.15) is 0 Å². The number of nitrogens with zero attached hydrogens (tertiary/aromatic N) is 1. The monoisotopic (exact) mass is 452 g/mol. The van der Waals surface area contributed by atoms with E-state index < -0.39 is 6.04 Å². The van der Waals surface area contributed by atoms with Crippen LogP contribution in [0.3, 0.4) is 0 Å². The summed E-state index contributed by atoms with van der Waals surface area (Å²) in [5.41, 5.74) is 3.37. The summed E-state index contributed by atoms with van der Waals surface area (Å²) in [7, 11) is 0. The second kappa shape index (κ2) is 11.9. The smallest absolute Gasteiger partial charge is 0.261 e. The van der Waals surface area contributed by atoms with Crippen molar-refractivity contribution in [1.82, 2.24) is 10.2 Å². The molecule has 180 valence electrons. The maximum Gasteiger partial charge on any atom is 0.261 e. The van der Waals surface area contributed by atoms with Crippen molar-refractivity contribution < 1.29 is 14.3 Å². The van der Waals surface area contributed by atoms with Gasteiger partial charge in [0.2, 0.25) is 5.91 Å². The van der Waals surface area contributed by atoms with Crippen molar-refractivity contribution >= 4 is 11.8 Å². The van der Waals surface area contributed by atoms with Gasteiger partial charge in [-0.1, -0.05) is 71.0 Å². The Morgan fingerprint density at radius 3 is 2.18 bits per heavy atom. The lowest BCUT2D eigenvalue weighted by Gasteiger charge is -2.31. The second-order valence-corrected chi connectivity index (χ2v) is 9.75. The van der Waals surface area contributed by atoms with Crippen LogP contribution < -0.4 is 10.1 Å². The molecule has 2 aromatic rings. The molecule has 0 heterocycles. The number of carbonyl (C=O) groups excluding carboxylic acids is 2. The van der Waals surface area contributed by atoms with Gasteiger partial charge in [-0.05, 0) is 60.9 Å². The van der Waals surface area contributed by atoms with E-state index in [2.05, 4.69) is 26.1 Å². The van der Waals surface area contributed by atoms with E-state index in [1.54, 1.807) is 4.90 Å². The van der Waals surface area contributed by atoms with Crippen molar-refractivity contribution in [2.24, 2.45) is 0 Å². The number of ether oxygens (including phenoxy) is 1. The highest BCUT2D eigenvalue weighted by molar-refractivity contribution is 5.88. The van der Waals surface area contributed by atoms with E-state index in [9.17, 15) is 9.59 Å². The number of aryl methyl sites for hydroxylation is 1. The largest absolute Gasteiger partial charge is 0.484 e. The van der Waals surface area contributed by atoms with E-state index in [-0.39, 0.29) is 29.9 Å². The molecule has 5 heteroatoms. The van der Waals surface area contributed by atoms with E-state index >= 15 is 0 Å². The van der Waals surface area contributed by atoms with E-state index in [0.717, 1.165) is 17.5 Å². The van der Waals surface area contributed by atoms with Crippen molar-refractivity contribution in [3.63, 3.8) is 0 Å². The Hall–Kier alpha value is -2.82. The number of hydrogen-bond donors (Lipinski definition) is 1. The quantitative estimate of drug-likeness (QED) is 0.526. The van der Waals surface area contributed by atoms with Gasteiger partial charge in [0, 0.05) is 12.6 Å². The van der Waals surface area contributed by atoms with E-state index in [1.807, 2.05) is 76.2 Å². The predicted octanol–water partition coefficient (Wildman–Crippen LogP) is 5.39. The highest BCUT2D eigenvalue weighted by atomic mass is 16.5. The Morgan fingerprint density at radius 2 is 1.64 bits per heavy atom. The van der Waals surface area contributed by atoms with Crippen LogP contribution in [0.15, 0.2) is 48.5 Å². The minimum Gasteiger partial charge on any atom is -0.484 e. The molecule has 2 amide bonds. The van der Waals surface area contributed by atoms with Crippen LogP contribution in [-0.4, -0.2) is 35.4 Å². The summed E-state index contributed by atoms with van der Waals surface area (Å²) in [5, 5.41) is 3.04. The summed E-state index contributed by atoms with van der Waals surface area (Å²) >= 11 is 0. The minimum absolute atomic E-state index is 0.0516. The van der Waals surface area contributed by atoms with E-state index in [1.165, 1.54) is 5.56 Å². The van der Waals surface area contributed by atoms with Crippen LogP contribution in [0.1, 0.15) is 71.1 Å². The molecule has 33 heavy (non-hydrogen) atoms. The number of amides is 2. The Balaban J connectivity index is 2.21. The number of rotatable bonds is 10. The maximum atomic E-state index is 13.3. The summed E-state index contributed by atoms with van der Waals surface area (Å²) in [6.45, 7) is 14.7. The zero-order valence-electron chi connectivity index (χ0n) is 21.3. The summed E-state index contributed by atoms with van der Waals surface area (Å²) in [6.07, 6.45) is 1.36. The average molecular weight is 453 g/mol. The minimum atomic E-state index is -0.557. The van der Waals surface area contributed by atoms with Crippen molar-refractivity contribution in [3.05, 3.63) is 65.2 Å². The van der Waals surface area contributed by atoms with Gasteiger partial charge in [0.05, 0.1) is 0 Å². The highest BCUT2D eigenvalue weighted by Gasteiger charge is 2.29. The first-order valence-electron chi connectivity index (χ1n) is 11.9. The fourth-order valence-corrected chi connectivity index (χ4v) is 3.61. The molecule has 2 rings (SSSR count). The van der Waals surface area contributed by atoms with Crippen LogP contribution in [0.5, 0.6) is 5.75 Å². The zero-order chi connectivity index (χ0) is 24.6. The second-order valence-electron chi connectivity index (χ2n) is 9.75. The molecule has 0 radical (unpaired) electrons. The number of hydrogen-bond acceptors (Lipinski definition) is 3. The summed E-state index contributed by atoms with van der Waals surface area (Å²) in [4.78, 5) is 28.0. The molecule has 2 aromatic carbocycles. The Bertz CT molecular complexity index is 915. The van der Waals surface area contributed by atoms with Crippen LogP contribution >= 0.6 is 0 Å². The van der Waals surface area contributed by atoms with Crippen LogP contribution in [0.4, 0.5) is 0 Å². The van der Waals surface area contributed by atoms with Gasteiger partial charge < -0.3 is 15.0 Å². The molecular weight excluding hydrogens is 412 g/mol. The lowest BCUT2D eigenvalue weighted by atomic mass is 9.87. The maximum absolute atomic E-state index is 13.3. The van der Waals surface area contributed by atoms with Crippen LogP contribution in [0.2, 0.25) is 0 Å². The molecule has 2 atom stereocenters. The Morgan fingerprint density at radius 1 is 1.00 bits per heavy atom. The molecule has 0 aliphatic heterocycles. The molecule has 0 spiro atoms. The molecule has 5 nitrogen and oxygen atoms in total. The molecule has 0 saturated heterocycles. The van der Waals surface area contributed by atoms with Gasteiger partial charge in [0.25, 0.3) is 5.91 Å². The normalized spacial score (nSPS) is 13.2. The van der Waals surface area contributed by atoms with Gasteiger partial charge in [-0.15, -0.1) is 0 Å². The molecular formula is C28H40N2O3. The fraction of sp³-hybridized carbons (Fsp3) is 0.500. The highest BCUT2D eigenvalue weighted by Crippen LogP contribution is 2.24. The molecule has 0 saturated carbocycles. The Kier molecular flexibility index (Phi) is 9.51. The fourth-order valence-electron chi connectivity index (χ4n) is 3.61. The van der Waals surface area contributed by atoms with Crippen molar-refractivity contribution in [2.75, 3.05) is 6.61 Å². The average Bonchev–Trinajstić information content (AvgIpc) is 2.78. The van der Waals surface area contributed by atoms with Gasteiger partial charge >= 0.3 is 0 Å². The van der Waals surface area contributed by atoms with Crippen molar-refractivity contribution in [1.29, 1.82) is 0 Å². The summed E-state index contributed by atoms with van der Waals surface area (Å²) in [5.74, 6) is 0.317. The van der Waals surface area contributed by atoms with Gasteiger partial charge in [0.1, 0.15) is 11.8 Å². The Labute approximate surface area is 199 Å². The predicted molar refractivity (Wildman–Crippen MR) is 134 cm³/mol. The van der Waals surface area contributed by atoms with Crippen LogP contribution in [-0.2, 0) is 21.5 Å². The van der Waals surface area contributed by atoms with Crippen molar-refractivity contribution in [3.8, 4) is 5.75 Å². The first-order valence-corrected chi connectivity index (χ1v) is 11.9. The molecule has 0 bridgehead atoms.